The highest BCUT2D eigenvalue weighted by atomic mass is 35.5. The number of benzene rings is 2. The highest BCUT2D eigenvalue weighted by molar-refractivity contribution is 6.42. The Kier molecular flexibility index (Phi) is 23.0. The van der Waals surface area contributed by atoms with Crippen LogP contribution in [0, 0.1) is 0 Å². The van der Waals surface area contributed by atoms with E-state index < -0.39 is 0 Å². The fraction of sp³-hybridized carbons (Fsp3) is 0.360. The zero-order valence-electron chi connectivity index (χ0n) is 20.6. The minimum atomic E-state index is 0.0258. The summed E-state index contributed by atoms with van der Waals surface area (Å²) in [5.41, 5.74) is 6.75. The van der Waals surface area contributed by atoms with E-state index in [2.05, 4.69) is 54.3 Å². The summed E-state index contributed by atoms with van der Waals surface area (Å²) < 4.78 is 10.3. The molecule has 0 spiro atoms. The van der Waals surface area contributed by atoms with Crippen LogP contribution in [0.25, 0.3) is 0 Å². The zero-order chi connectivity index (χ0) is 26.2. The summed E-state index contributed by atoms with van der Waals surface area (Å²) in [6, 6.07) is 13.4. The van der Waals surface area contributed by atoms with Crippen molar-refractivity contribution in [3.05, 3.63) is 70.3 Å². The van der Waals surface area contributed by atoms with Crippen LogP contribution in [0.3, 0.4) is 0 Å². The minimum absolute atomic E-state index is 0.0258. The molecule has 0 fully saturated rings. The number of nitrogens with zero attached hydrogens (tertiary/aromatic N) is 1. The monoisotopic (exact) mass is 513 g/mol. The molecule has 190 valence electrons. The lowest BCUT2D eigenvalue weighted by molar-refractivity contribution is -0.109. The lowest BCUT2D eigenvalue weighted by Gasteiger charge is -2.13. The van der Waals surface area contributed by atoms with Gasteiger partial charge in [0.05, 0.1) is 16.7 Å². The molecule has 2 aromatic rings. The van der Waals surface area contributed by atoms with Crippen LogP contribution in [-0.4, -0.2) is 53.7 Å². The average molecular weight is 514 g/mol. The average Bonchev–Trinajstić information content (AvgIpc) is 2.82. The molecule has 0 saturated heterocycles. The molecular formula is C25H37Cl2N3O4. The van der Waals surface area contributed by atoms with Gasteiger partial charge < -0.3 is 25.4 Å². The molecule has 0 saturated carbocycles. The SMILES string of the molecule is C/C=C/NC.CCOCCc1cccc(N(C)C)c1.NC=O.O=CCOc1ccc(Cl)c(Cl)c1. The Morgan fingerprint density at radius 2 is 1.76 bits per heavy atom. The lowest BCUT2D eigenvalue weighted by Crippen LogP contribution is -2.09. The summed E-state index contributed by atoms with van der Waals surface area (Å²) in [5, 5.41) is 3.72. The van der Waals surface area contributed by atoms with Crippen molar-refractivity contribution in [1.29, 1.82) is 0 Å². The molecule has 0 aliphatic rings. The summed E-state index contributed by atoms with van der Waals surface area (Å²) in [6.45, 7) is 5.63. The number of rotatable bonds is 9. The van der Waals surface area contributed by atoms with Crippen molar-refractivity contribution >= 4 is 41.6 Å². The van der Waals surface area contributed by atoms with E-state index in [9.17, 15) is 4.79 Å². The van der Waals surface area contributed by atoms with E-state index in [4.69, 9.17) is 37.5 Å². The van der Waals surface area contributed by atoms with Gasteiger partial charge in [0, 0.05) is 39.5 Å². The van der Waals surface area contributed by atoms with Crippen molar-refractivity contribution in [2.75, 3.05) is 45.9 Å². The van der Waals surface area contributed by atoms with Gasteiger partial charge in [-0.2, -0.15) is 0 Å². The number of hydrogen-bond acceptors (Lipinski definition) is 6. The molecule has 2 aromatic carbocycles. The Balaban J connectivity index is 0. The van der Waals surface area contributed by atoms with Gasteiger partial charge >= 0.3 is 0 Å². The number of nitrogens with two attached hydrogens (primary N) is 1. The van der Waals surface area contributed by atoms with Gasteiger partial charge in [-0.25, -0.2) is 0 Å². The molecule has 0 aromatic heterocycles. The van der Waals surface area contributed by atoms with E-state index in [1.807, 2.05) is 33.2 Å². The number of amides is 1. The van der Waals surface area contributed by atoms with E-state index in [1.54, 1.807) is 18.2 Å². The predicted octanol–water partition coefficient (Wildman–Crippen LogP) is 4.74. The van der Waals surface area contributed by atoms with Gasteiger partial charge in [-0.3, -0.25) is 9.59 Å². The first-order chi connectivity index (χ1) is 16.3. The van der Waals surface area contributed by atoms with E-state index in [-0.39, 0.29) is 13.0 Å². The summed E-state index contributed by atoms with van der Waals surface area (Å²) in [7, 11) is 5.99. The Morgan fingerprint density at radius 1 is 1.09 bits per heavy atom. The summed E-state index contributed by atoms with van der Waals surface area (Å²) in [4.78, 5) is 20.6. The number of ether oxygens (including phenoxy) is 2. The first kappa shape index (κ1) is 33.4. The Hall–Kier alpha value is -2.74. The van der Waals surface area contributed by atoms with E-state index in [0.29, 0.717) is 22.1 Å². The summed E-state index contributed by atoms with van der Waals surface area (Å²) >= 11 is 11.4. The molecule has 0 aliphatic heterocycles. The Bertz CT molecular complexity index is 818. The van der Waals surface area contributed by atoms with Gasteiger partial charge in [-0.15, -0.1) is 0 Å². The van der Waals surface area contributed by atoms with Gasteiger partial charge in [0.1, 0.15) is 12.4 Å². The normalized spacial score (nSPS) is 9.26. The molecule has 1 amide bonds. The molecule has 0 unspecified atom stereocenters. The van der Waals surface area contributed by atoms with Crippen LogP contribution < -0.4 is 20.7 Å². The van der Waals surface area contributed by atoms with E-state index >= 15 is 0 Å². The van der Waals surface area contributed by atoms with Crippen molar-refractivity contribution in [3.63, 3.8) is 0 Å². The number of hydrogen-bond donors (Lipinski definition) is 2. The lowest BCUT2D eigenvalue weighted by atomic mass is 10.1. The highest BCUT2D eigenvalue weighted by Crippen LogP contribution is 2.26. The standard InChI is InChI=1S/C12H19NO.C8H6Cl2O2.C4H9N.CH3NO/c1-4-14-9-8-11-6-5-7-12(10-11)13(2)3;9-7-2-1-6(5-8(7)10)12-4-3-11;1-3-4-5-2;2-1-3/h5-7,10H,4,8-9H2,1-3H3;1-3,5H,4H2;3-5H,1-2H3;1H,(H2,2,3)/b;;4-3+;. The number of anilines is 1. The molecule has 7 nitrogen and oxygen atoms in total. The van der Waals surface area contributed by atoms with Gasteiger partial charge in [-0.1, -0.05) is 41.4 Å². The Labute approximate surface area is 213 Å². The van der Waals surface area contributed by atoms with Crippen molar-refractivity contribution in [3.8, 4) is 5.75 Å². The second-order valence-electron chi connectivity index (χ2n) is 6.49. The maximum absolute atomic E-state index is 9.95. The van der Waals surface area contributed by atoms with E-state index in [1.165, 1.54) is 11.3 Å². The topological polar surface area (TPSA) is 93.9 Å². The van der Waals surface area contributed by atoms with Gasteiger partial charge in [0.15, 0.2) is 6.29 Å². The van der Waals surface area contributed by atoms with Crippen LogP contribution in [0.1, 0.15) is 19.4 Å². The third kappa shape index (κ3) is 18.8. The van der Waals surface area contributed by atoms with Crippen LogP contribution in [-0.2, 0) is 20.7 Å². The first-order valence-corrected chi connectivity index (χ1v) is 11.4. The second-order valence-corrected chi connectivity index (χ2v) is 7.30. The molecule has 0 atom stereocenters. The minimum Gasteiger partial charge on any atom is -0.486 e. The number of aldehydes is 1. The highest BCUT2D eigenvalue weighted by Gasteiger charge is 1.99. The van der Waals surface area contributed by atoms with Crippen LogP contribution in [0.4, 0.5) is 5.69 Å². The largest absolute Gasteiger partial charge is 0.486 e. The Morgan fingerprint density at radius 3 is 2.24 bits per heavy atom. The molecule has 34 heavy (non-hydrogen) atoms. The van der Waals surface area contributed by atoms with Crippen molar-refractivity contribution in [2.24, 2.45) is 5.73 Å². The fourth-order valence-electron chi connectivity index (χ4n) is 2.19. The fourth-order valence-corrected chi connectivity index (χ4v) is 2.48. The van der Waals surface area contributed by atoms with Crippen molar-refractivity contribution in [2.45, 2.75) is 20.3 Å². The number of nitrogens with one attached hydrogen (secondary N) is 1. The van der Waals surface area contributed by atoms with Crippen molar-refractivity contribution < 1.29 is 19.1 Å². The van der Waals surface area contributed by atoms with Crippen LogP contribution >= 0.6 is 23.2 Å². The quantitative estimate of drug-likeness (QED) is 0.371. The van der Waals surface area contributed by atoms with Crippen LogP contribution in [0.2, 0.25) is 10.0 Å². The number of allylic oxidation sites excluding steroid dienone is 1. The van der Waals surface area contributed by atoms with Gasteiger partial charge in [0.2, 0.25) is 6.41 Å². The molecule has 2 rings (SSSR count). The smallest absolute Gasteiger partial charge is 0.204 e. The first-order valence-electron chi connectivity index (χ1n) is 10.6. The molecule has 0 bridgehead atoms. The van der Waals surface area contributed by atoms with Gasteiger partial charge in [-0.05, 0) is 56.3 Å². The van der Waals surface area contributed by atoms with Crippen LogP contribution in [0.5, 0.6) is 5.75 Å². The maximum Gasteiger partial charge on any atom is 0.204 e. The molecule has 3 N–H and O–H groups in total. The molecule has 0 aliphatic carbocycles. The number of halogens is 2. The van der Waals surface area contributed by atoms with Crippen LogP contribution in [0.15, 0.2) is 54.7 Å². The zero-order valence-corrected chi connectivity index (χ0v) is 22.1. The van der Waals surface area contributed by atoms with Gasteiger partial charge in [0.25, 0.3) is 0 Å². The summed E-state index contributed by atoms with van der Waals surface area (Å²) in [6.07, 6.45) is 5.73. The number of primary amides is 1. The van der Waals surface area contributed by atoms with Crippen molar-refractivity contribution in [1.82, 2.24) is 5.32 Å². The predicted molar refractivity (Wildman–Crippen MR) is 143 cm³/mol. The summed E-state index contributed by atoms with van der Waals surface area (Å²) in [5.74, 6) is 0.538. The third-order valence-corrected chi connectivity index (χ3v) is 4.45. The molecule has 9 heteroatoms. The number of carbonyl (C=O) groups is 2. The third-order valence-electron chi connectivity index (χ3n) is 3.71. The molecule has 0 radical (unpaired) electrons. The second kappa shape index (κ2) is 23.4. The number of carbonyl (C=O) groups excluding carboxylic acids is 2. The molecule has 0 heterocycles. The van der Waals surface area contributed by atoms with E-state index in [0.717, 1.165) is 19.6 Å². The molecular weight excluding hydrogens is 477 g/mol. The maximum atomic E-state index is 9.95.